The summed E-state index contributed by atoms with van der Waals surface area (Å²) in [4.78, 5) is 0. The highest BCUT2D eigenvalue weighted by Crippen LogP contribution is 2.26. The van der Waals surface area contributed by atoms with Gasteiger partial charge in [0.15, 0.2) is 0 Å². The second kappa shape index (κ2) is 3.47. The minimum atomic E-state index is 0.345. The molecule has 2 heteroatoms. The van der Waals surface area contributed by atoms with E-state index in [1.165, 1.54) is 0 Å². The van der Waals surface area contributed by atoms with Gasteiger partial charge in [0, 0.05) is 0 Å². The van der Waals surface area contributed by atoms with Gasteiger partial charge in [-0.15, -0.1) is 0 Å². The molecular formula is C10H11IO. The van der Waals surface area contributed by atoms with E-state index in [0.29, 0.717) is 5.75 Å². The monoisotopic (exact) mass is 274 g/mol. The third-order valence-corrected chi connectivity index (χ3v) is 2.62. The molecule has 0 saturated heterocycles. The first-order valence-corrected chi connectivity index (χ1v) is 4.75. The average Bonchev–Trinajstić information content (AvgIpc) is 1.96. The summed E-state index contributed by atoms with van der Waals surface area (Å²) in [6.45, 7) is 7.81. The number of aryl methyl sites for hydroxylation is 1. The molecule has 12 heavy (non-hydrogen) atoms. The lowest BCUT2D eigenvalue weighted by atomic mass is 10.0. The summed E-state index contributed by atoms with van der Waals surface area (Å²) < 4.78 is 0.871. The number of hydrogen-bond donors (Lipinski definition) is 1. The quantitative estimate of drug-likeness (QED) is 0.779. The summed E-state index contributed by atoms with van der Waals surface area (Å²) in [7, 11) is 0. The van der Waals surface area contributed by atoms with Gasteiger partial charge in [-0.3, -0.25) is 0 Å². The molecule has 64 valence electrons. The lowest BCUT2D eigenvalue weighted by molar-refractivity contribution is 0.471. The van der Waals surface area contributed by atoms with Crippen LogP contribution in [-0.2, 0) is 0 Å². The zero-order chi connectivity index (χ0) is 9.30. The summed E-state index contributed by atoms with van der Waals surface area (Å²) in [5.74, 6) is 0.345. The standard InChI is InChI=1S/C10H11IO/c1-6(2)8-5-9(11)10(12)4-7(8)3/h4-5,12H,1H2,2-3H3. The van der Waals surface area contributed by atoms with Crippen molar-refractivity contribution in [2.24, 2.45) is 0 Å². The third-order valence-electron chi connectivity index (χ3n) is 1.75. The zero-order valence-electron chi connectivity index (χ0n) is 7.19. The molecule has 0 bridgehead atoms. The number of allylic oxidation sites excluding steroid dienone is 1. The van der Waals surface area contributed by atoms with E-state index in [-0.39, 0.29) is 0 Å². The molecule has 0 heterocycles. The van der Waals surface area contributed by atoms with Gasteiger partial charge in [-0.25, -0.2) is 0 Å². The molecule has 1 aromatic rings. The minimum absolute atomic E-state index is 0.345. The van der Waals surface area contributed by atoms with E-state index < -0.39 is 0 Å². The SMILES string of the molecule is C=C(C)c1cc(I)c(O)cc1C. The number of phenolic OH excluding ortho intramolecular Hbond substituents is 1. The summed E-state index contributed by atoms with van der Waals surface area (Å²) in [5, 5.41) is 9.37. The summed E-state index contributed by atoms with van der Waals surface area (Å²) in [6.07, 6.45) is 0. The van der Waals surface area contributed by atoms with Crippen molar-refractivity contribution in [2.45, 2.75) is 13.8 Å². The third kappa shape index (κ3) is 1.80. The zero-order valence-corrected chi connectivity index (χ0v) is 9.34. The smallest absolute Gasteiger partial charge is 0.129 e. The highest BCUT2D eigenvalue weighted by molar-refractivity contribution is 14.1. The van der Waals surface area contributed by atoms with Crippen LogP contribution in [0.3, 0.4) is 0 Å². The van der Waals surface area contributed by atoms with Gasteiger partial charge in [0.25, 0.3) is 0 Å². The number of benzene rings is 1. The van der Waals surface area contributed by atoms with Gasteiger partial charge >= 0.3 is 0 Å². The Morgan fingerprint density at radius 1 is 1.50 bits per heavy atom. The summed E-state index contributed by atoms with van der Waals surface area (Å²) in [5.41, 5.74) is 3.23. The summed E-state index contributed by atoms with van der Waals surface area (Å²) >= 11 is 2.11. The van der Waals surface area contributed by atoms with Crippen LogP contribution in [0.15, 0.2) is 18.7 Å². The molecule has 1 aromatic carbocycles. The molecule has 0 aliphatic carbocycles. The molecule has 0 spiro atoms. The molecule has 0 radical (unpaired) electrons. The van der Waals surface area contributed by atoms with E-state index >= 15 is 0 Å². The van der Waals surface area contributed by atoms with Gasteiger partial charge in [-0.05, 0) is 59.7 Å². The van der Waals surface area contributed by atoms with Crippen LogP contribution >= 0.6 is 22.6 Å². The van der Waals surface area contributed by atoms with Crippen molar-refractivity contribution < 1.29 is 5.11 Å². The fraction of sp³-hybridized carbons (Fsp3) is 0.200. The van der Waals surface area contributed by atoms with Crippen LogP contribution in [0, 0.1) is 10.5 Å². The van der Waals surface area contributed by atoms with Crippen LogP contribution in [0.25, 0.3) is 5.57 Å². The minimum Gasteiger partial charge on any atom is -0.507 e. The van der Waals surface area contributed by atoms with Crippen molar-refractivity contribution >= 4 is 28.2 Å². The average molecular weight is 274 g/mol. The first-order valence-electron chi connectivity index (χ1n) is 3.67. The van der Waals surface area contributed by atoms with Gasteiger partial charge < -0.3 is 5.11 Å². The number of rotatable bonds is 1. The molecular weight excluding hydrogens is 263 g/mol. The van der Waals surface area contributed by atoms with E-state index in [1.54, 1.807) is 6.07 Å². The second-order valence-corrected chi connectivity index (χ2v) is 4.06. The largest absolute Gasteiger partial charge is 0.507 e. The Hall–Kier alpha value is -0.510. The predicted molar refractivity (Wildman–Crippen MR) is 60.3 cm³/mol. The maximum atomic E-state index is 9.37. The molecule has 1 rings (SSSR count). The molecule has 0 aromatic heterocycles. The lowest BCUT2D eigenvalue weighted by Gasteiger charge is -2.06. The first-order chi connectivity index (χ1) is 5.52. The normalized spacial score (nSPS) is 9.92. The molecule has 1 nitrogen and oxygen atoms in total. The molecule has 0 unspecified atom stereocenters. The second-order valence-electron chi connectivity index (χ2n) is 2.90. The Morgan fingerprint density at radius 3 is 2.58 bits per heavy atom. The van der Waals surface area contributed by atoms with E-state index in [2.05, 4.69) is 29.2 Å². The Bertz CT molecular complexity index is 329. The van der Waals surface area contributed by atoms with Crippen LogP contribution in [0.1, 0.15) is 18.1 Å². The van der Waals surface area contributed by atoms with Crippen molar-refractivity contribution in [1.82, 2.24) is 0 Å². The van der Waals surface area contributed by atoms with Crippen molar-refractivity contribution in [1.29, 1.82) is 0 Å². The molecule has 0 amide bonds. The highest BCUT2D eigenvalue weighted by atomic mass is 127. The molecule has 0 aliphatic heterocycles. The van der Waals surface area contributed by atoms with Crippen molar-refractivity contribution in [2.75, 3.05) is 0 Å². The number of phenols is 1. The van der Waals surface area contributed by atoms with Crippen LogP contribution in [0.4, 0.5) is 0 Å². The maximum absolute atomic E-state index is 9.37. The van der Waals surface area contributed by atoms with Crippen molar-refractivity contribution in [3.8, 4) is 5.75 Å². The Labute approximate surface area is 86.3 Å². The van der Waals surface area contributed by atoms with E-state index in [0.717, 1.165) is 20.3 Å². The number of hydrogen-bond acceptors (Lipinski definition) is 1. The molecule has 1 N–H and O–H groups in total. The molecule has 0 atom stereocenters. The van der Waals surface area contributed by atoms with E-state index in [1.807, 2.05) is 19.9 Å². The summed E-state index contributed by atoms with van der Waals surface area (Å²) in [6, 6.07) is 3.72. The van der Waals surface area contributed by atoms with Gasteiger partial charge in [0.2, 0.25) is 0 Å². The van der Waals surface area contributed by atoms with Gasteiger partial charge in [-0.2, -0.15) is 0 Å². The Kier molecular flexibility index (Phi) is 2.77. The fourth-order valence-electron chi connectivity index (χ4n) is 1.13. The van der Waals surface area contributed by atoms with Crippen LogP contribution < -0.4 is 0 Å². The number of halogens is 1. The molecule has 0 fully saturated rings. The van der Waals surface area contributed by atoms with E-state index in [9.17, 15) is 5.11 Å². The van der Waals surface area contributed by atoms with Gasteiger partial charge in [0.1, 0.15) is 5.75 Å². The number of aromatic hydroxyl groups is 1. The van der Waals surface area contributed by atoms with Crippen LogP contribution in [-0.4, -0.2) is 5.11 Å². The first kappa shape index (κ1) is 9.58. The Balaban J connectivity index is 3.33. The fourth-order valence-corrected chi connectivity index (χ4v) is 1.59. The maximum Gasteiger partial charge on any atom is 0.129 e. The highest BCUT2D eigenvalue weighted by Gasteiger charge is 2.03. The van der Waals surface area contributed by atoms with E-state index in [4.69, 9.17) is 0 Å². The predicted octanol–water partition coefficient (Wildman–Crippen LogP) is 3.34. The topological polar surface area (TPSA) is 20.2 Å². The van der Waals surface area contributed by atoms with Crippen LogP contribution in [0.5, 0.6) is 5.75 Å². The molecule has 0 saturated carbocycles. The molecule has 0 aliphatic rings. The Morgan fingerprint density at radius 2 is 2.08 bits per heavy atom. The van der Waals surface area contributed by atoms with Crippen molar-refractivity contribution in [3.05, 3.63) is 33.4 Å². The van der Waals surface area contributed by atoms with Crippen molar-refractivity contribution in [3.63, 3.8) is 0 Å². The van der Waals surface area contributed by atoms with Crippen LogP contribution in [0.2, 0.25) is 0 Å². The lowest BCUT2D eigenvalue weighted by Crippen LogP contribution is -1.86. The van der Waals surface area contributed by atoms with Gasteiger partial charge in [-0.1, -0.05) is 12.2 Å². The van der Waals surface area contributed by atoms with Gasteiger partial charge in [0.05, 0.1) is 3.57 Å².